The van der Waals surface area contributed by atoms with Crippen LogP contribution in [0.4, 0.5) is 10.5 Å². The van der Waals surface area contributed by atoms with Crippen molar-refractivity contribution >= 4 is 44.6 Å². The van der Waals surface area contributed by atoms with Gasteiger partial charge in [-0.3, -0.25) is 4.72 Å². The topological polar surface area (TPSA) is 128 Å². The lowest BCUT2D eigenvalue weighted by atomic mass is 10.0. The van der Waals surface area contributed by atoms with E-state index >= 15 is 0 Å². The molecule has 0 spiro atoms. The summed E-state index contributed by atoms with van der Waals surface area (Å²) in [5, 5.41) is 2.58. The molecule has 0 aliphatic heterocycles. The maximum absolute atomic E-state index is 12.6. The zero-order valence-electron chi connectivity index (χ0n) is 20.2. The molecule has 1 aliphatic rings. The Balaban J connectivity index is 1.15. The molecule has 1 fully saturated rings. The molecule has 2 N–H and O–H groups in total. The number of amides is 1. The van der Waals surface area contributed by atoms with Crippen LogP contribution in [-0.4, -0.2) is 45.9 Å². The van der Waals surface area contributed by atoms with Crippen LogP contribution in [0.2, 0.25) is 5.28 Å². The van der Waals surface area contributed by atoms with Gasteiger partial charge in [0, 0.05) is 18.8 Å². The lowest BCUT2D eigenvalue weighted by Gasteiger charge is -2.22. The van der Waals surface area contributed by atoms with Crippen LogP contribution < -0.4 is 10.0 Å². The molecule has 1 aliphatic carbocycles. The number of rotatable bonds is 10. The molecule has 0 radical (unpaired) electrons. The highest BCUT2D eigenvalue weighted by molar-refractivity contribution is 7.93. The molecule has 10 nitrogen and oxygen atoms in total. The first kappa shape index (κ1) is 26.2. The van der Waals surface area contributed by atoms with Crippen LogP contribution in [0.25, 0.3) is 11.2 Å². The zero-order valence-corrected chi connectivity index (χ0v) is 21.8. The first-order valence-electron chi connectivity index (χ1n) is 12.2. The lowest BCUT2D eigenvalue weighted by molar-refractivity contribution is 0.143. The maximum atomic E-state index is 12.6. The van der Waals surface area contributed by atoms with E-state index in [-0.39, 0.29) is 23.7 Å². The number of aryl methyl sites for hydroxylation is 2. The summed E-state index contributed by atoms with van der Waals surface area (Å²) in [6.07, 6.45) is 7.11. The summed E-state index contributed by atoms with van der Waals surface area (Å²) in [4.78, 5) is 24.7. The highest BCUT2D eigenvalue weighted by Crippen LogP contribution is 2.25. The number of hydrogen-bond acceptors (Lipinski definition) is 7. The van der Waals surface area contributed by atoms with E-state index in [4.69, 9.17) is 16.3 Å². The van der Waals surface area contributed by atoms with Gasteiger partial charge < -0.3 is 14.6 Å². The molecule has 1 aromatic carbocycles. The number of hydrogen-bond donors (Lipinski definition) is 2. The minimum atomic E-state index is -3.38. The van der Waals surface area contributed by atoms with Gasteiger partial charge in [-0.05, 0) is 61.9 Å². The normalized spacial score (nSPS) is 14.6. The molecule has 12 heteroatoms. The van der Waals surface area contributed by atoms with Crippen molar-refractivity contribution in [2.24, 2.45) is 0 Å². The molecular formula is C24H31ClN6O4S. The van der Waals surface area contributed by atoms with Gasteiger partial charge in [-0.2, -0.15) is 4.98 Å². The second-order valence-corrected chi connectivity index (χ2v) is 11.3. The number of imidazole rings is 1. The first-order valence-corrected chi connectivity index (χ1v) is 14.1. The van der Waals surface area contributed by atoms with Crippen molar-refractivity contribution in [1.29, 1.82) is 0 Å². The number of sulfonamides is 1. The fraction of sp³-hybridized carbons (Fsp3) is 0.500. The number of benzene rings is 1. The van der Waals surface area contributed by atoms with Gasteiger partial charge in [-0.25, -0.2) is 23.2 Å². The summed E-state index contributed by atoms with van der Waals surface area (Å²) in [5.74, 6) is 0. The Morgan fingerprint density at radius 1 is 1.14 bits per heavy atom. The molecule has 2 aromatic heterocycles. The van der Waals surface area contributed by atoms with Crippen LogP contribution in [-0.2, 0) is 27.8 Å². The van der Waals surface area contributed by atoms with Gasteiger partial charge in [-0.15, -0.1) is 0 Å². The highest BCUT2D eigenvalue weighted by Gasteiger charge is 2.27. The minimum absolute atomic E-state index is 0.192. The molecule has 1 amide bonds. The van der Waals surface area contributed by atoms with Crippen molar-refractivity contribution < 1.29 is 17.9 Å². The van der Waals surface area contributed by atoms with E-state index in [2.05, 4.69) is 25.0 Å². The average Bonchev–Trinajstić information content (AvgIpc) is 3.27. The van der Waals surface area contributed by atoms with E-state index < -0.39 is 16.1 Å². The number of carbonyl (C=O) groups is 1. The molecule has 194 valence electrons. The Kier molecular flexibility index (Phi) is 8.63. The summed E-state index contributed by atoms with van der Waals surface area (Å²) in [6.45, 7) is 3.09. The van der Waals surface area contributed by atoms with E-state index in [0.29, 0.717) is 37.1 Å². The smallest absolute Gasteiger partial charge is 0.407 e. The Bertz CT molecular complexity index is 1290. The van der Waals surface area contributed by atoms with Crippen molar-refractivity contribution in [1.82, 2.24) is 24.8 Å². The third kappa shape index (κ3) is 6.85. The monoisotopic (exact) mass is 534 g/mol. The Morgan fingerprint density at radius 2 is 1.89 bits per heavy atom. The predicted octanol–water partition coefficient (Wildman–Crippen LogP) is 4.57. The summed E-state index contributed by atoms with van der Waals surface area (Å²) in [7, 11) is -3.38. The van der Waals surface area contributed by atoms with Crippen molar-refractivity contribution in [3.63, 3.8) is 0 Å². The number of alkyl carbamates (subject to hydrolysis) is 1. The van der Waals surface area contributed by atoms with Crippen LogP contribution in [0.15, 0.2) is 30.6 Å². The molecule has 0 atom stereocenters. The average molecular weight is 535 g/mol. The number of nitrogens with one attached hydrogen (secondary N) is 2. The van der Waals surface area contributed by atoms with Gasteiger partial charge >= 0.3 is 6.09 Å². The third-order valence-electron chi connectivity index (χ3n) is 6.28. The quantitative estimate of drug-likeness (QED) is 0.288. The van der Waals surface area contributed by atoms with Crippen molar-refractivity contribution in [2.75, 3.05) is 11.3 Å². The Labute approximate surface area is 215 Å². The predicted molar refractivity (Wildman–Crippen MR) is 138 cm³/mol. The van der Waals surface area contributed by atoms with Gasteiger partial charge in [0.25, 0.3) is 0 Å². The van der Waals surface area contributed by atoms with Crippen molar-refractivity contribution in [3.05, 3.63) is 47.1 Å². The fourth-order valence-corrected chi connectivity index (χ4v) is 6.10. The Morgan fingerprint density at radius 3 is 2.64 bits per heavy atom. The molecule has 2 heterocycles. The molecule has 0 bridgehead atoms. The van der Waals surface area contributed by atoms with E-state index in [1.165, 1.54) is 0 Å². The molecule has 3 aromatic rings. The number of halogens is 1. The molecular weight excluding hydrogens is 504 g/mol. The van der Waals surface area contributed by atoms with Crippen LogP contribution in [0, 0.1) is 6.92 Å². The number of fused-ring (bicyclic) bond motifs is 1. The number of anilines is 1. The number of carbonyl (C=O) groups excluding carboxylic acids is 1. The van der Waals surface area contributed by atoms with Gasteiger partial charge in [0.1, 0.15) is 5.52 Å². The van der Waals surface area contributed by atoms with E-state index in [1.54, 1.807) is 30.6 Å². The van der Waals surface area contributed by atoms with Crippen molar-refractivity contribution in [2.45, 2.75) is 70.2 Å². The molecule has 0 unspecified atom stereocenters. The minimum Gasteiger partial charge on any atom is -0.450 e. The second-order valence-electron chi connectivity index (χ2n) is 8.99. The van der Waals surface area contributed by atoms with Gasteiger partial charge in [0.15, 0.2) is 5.65 Å². The van der Waals surface area contributed by atoms with Crippen LogP contribution in [0.5, 0.6) is 0 Å². The molecule has 1 saturated carbocycles. The number of unbranched alkanes of at least 4 members (excludes halogenated alkanes) is 1. The Hall–Kier alpha value is -2.92. The highest BCUT2D eigenvalue weighted by atomic mass is 35.5. The summed E-state index contributed by atoms with van der Waals surface area (Å²) in [5.41, 5.74) is 3.53. The van der Waals surface area contributed by atoms with Crippen LogP contribution in [0.3, 0.4) is 0 Å². The number of aromatic nitrogens is 4. The van der Waals surface area contributed by atoms with Gasteiger partial charge in [0.2, 0.25) is 15.3 Å². The summed E-state index contributed by atoms with van der Waals surface area (Å²) < 4.78 is 35.0. The fourth-order valence-electron chi connectivity index (χ4n) is 4.30. The SMILES string of the molecule is Cc1nc(Cl)nc2c1ncn2CCCCOC(=O)NCc1ccc(NS(=O)(=O)C2CCCCC2)cc1. The standard InChI is InChI=1S/C24H31ClN6O4S/c1-17-21-22(29-23(25)28-17)31(16-27-21)13-5-6-14-35-24(32)26-15-18-9-11-19(12-10-18)30-36(33,34)20-7-3-2-4-8-20/h9-12,16,20,30H,2-8,13-15H2,1H3,(H,26,32). The largest absolute Gasteiger partial charge is 0.450 e. The number of nitrogens with zero attached hydrogens (tertiary/aromatic N) is 4. The van der Waals surface area contributed by atoms with Gasteiger partial charge in [-0.1, -0.05) is 31.4 Å². The first-order chi connectivity index (χ1) is 17.3. The third-order valence-corrected chi connectivity index (χ3v) is 8.32. The second kappa shape index (κ2) is 11.9. The van der Waals surface area contributed by atoms with Crippen LogP contribution in [0.1, 0.15) is 56.2 Å². The zero-order chi connectivity index (χ0) is 25.5. The van der Waals surface area contributed by atoms with Gasteiger partial charge in [0.05, 0.1) is 23.9 Å². The summed E-state index contributed by atoms with van der Waals surface area (Å²) >= 11 is 5.95. The van der Waals surface area contributed by atoms with Crippen molar-refractivity contribution in [3.8, 4) is 0 Å². The van der Waals surface area contributed by atoms with E-state index in [9.17, 15) is 13.2 Å². The maximum Gasteiger partial charge on any atom is 0.407 e. The molecule has 0 saturated heterocycles. The number of ether oxygens (including phenoxy) is 1. The molecule has 36 heavy (non-hydrogen) atoms. The summed E-state index contributed by atoms with van der Waals surface area (Å²) in [6, 6.07) is 6.99. The molecule has 4 rings (SSSR count). The van der Waals surface area contributed by atoms with E-state index in [1.807, 2.05) is 11.5 Å². The van der Waals surface area contributed by atoms with E-state index in [0.717, 1.165) is 42.5 Å². The lowest BCUT2D eigenvalue weighted by Crippen LogP contribution is -2.29. The van der Waals surface area contributed by atoms with Crippen LogP contribution >= 0.6 is 11.6 Å².